The Labute approximate surface area is 136 Å². The molecular formula is C18H23NO4. The summed E-state index contributed by atoms with van der Waals surface area (Å²) in [5.74, 6) is -0.0878. The van der Waals surface area contributed by atoms with Gasteiger partial charge in [-0.25, -0.2) is 0 Å². The molecule has 1 heterocycles. The van der Waals surface area contributed by atoms with Gasteiger partial charge in [0.15, 0.2) is 0 Å². The van der Waals surface area contributed by atoms with Crippen LogP contribution in [0.15, 0.2) is 24.3 Å². The molecule has 124 valence electrons. The second kappa shape index (κ2) is 6.60. The number of hydrogen-bond donors (Lipinski definition) is 1. The van der Waals surface area contributed by atoms with Crippen molar-refractivity contribution in [2.45, 2.75) is 45.2 Å². The molecule has 1 aliphatic heterocycles. The highest BCUT2D eigenvalue weighted by molar-refractivity contribution is 5.80. The van der Waals surface area contributed by atoms with Gasteiger partial charge >= 0.3 is 5.97 Å². The second-order valence-corrected chi connectivity index (χ2v) is 6.62. The summed E-state index contributed by atoms with van der Waals surface area (Å²) in [4.78, 5) is 25.9. The first-order valence-electron chi connectivity index (χ1n) is 8.30. The van der Waals surface area contributed by atoms with Gasteiger partial charge in [-0.15, -0.1) is 0 Å². The molecule has 1 atom stereocenters. The number of hydrogen-bond acceptors (Lipinski definition) is 3. The smallest absolute Gasteiger partial charge is 0.306 e. The number of carboxylic acids is 1. The number of amides is 1. The highest BCUT2D eigenvalue weighted by atomic mass is 16.5. The van der Waals surface area contributed by atoms with Crippen molar-refractivity contribution in [1.82, 2.24) is 4.90 Å². The van der Waals surface area contributed by atoms with Gasteiger partial charge in [0, 0.05) is 18.0 Å². The van der Waals surface area contributed by atoms with Gasteiger partial charge in [0.25, 0.3) is 0 Å². The number of nitrogens with zero attached hydrogens (tertiary/aromatic N) is 1. The van der Waals surface area contributed by atoms with E-state index in [1.807, 2.05) is 36.1 Å². The van der Waals surface area contributed by atoms with Crippen LogP contribution in [0.1, 0.15) is 38.2 Å². The van der Waals surface area contributed by atoms with Crippen LogP contribution in [0, 0.1) is 11.8 Å². The molecule has 1 fully saturated rings. The molecule has 5 nitrogen and oxygen atoms in total. The number of carbonyl (C=O) groups excluding carboxylic acids is 1. The van der Waals surface area contributed by atoms with Crippen molar-refractivity contribution in [3.8, 4) is 5.75 Å². The largest absolute Gasteiger partial charge is 0.491 e. The van der Waals surface area contributed by atoms with Crippen LogP contribution in [0.25, 0.3) is 0 Å². The van der Waals surface area contributed by atoms with E-state index in [1.165, 1.54) is 0 Å². The lowest BCUT2D eigenvalue weighted by atomic mass is 9.81. The molecule has 5 heteroatoms. The number of fused-ring (bicyclic) bond motifs is 1. The van der Waals surface area contributed by atoms with E-state index in [9.17, 15) is 9.59 Å². The number of carboxylic acid groups (broad SMARTS) is 1. The fourth-order valence-electron chi connectivity index (χ4n) is 3.53. The second-order valence-electron chi connectivity index (χ2n) is 6.62. The van der Waals surface area contributed by atoms with E-state index in [1.54, 1.807) is 0 Å². The summed E-state index contributed by atoms with van der Waals surface area (Å²) in [5, 5.41) is 9.09. The average molecular weight is 317 g/mol. The minimum atomic E-state index is -0.735. The van der Waals surface area contributed by atoms with Crippen molar-refractivity contribution < 1.29 is 19.4 Å². The van der Waals surface area contributed by atoms with E-state index >= 15 is 0 Å². The monoisotopic (exact) mass is 317 g/mol. The third kappa shape index (κ3) is 3.33. The number of rotatable bonds is 2. The van der Waals surface area contributed by atoms with Gasteiger partial charge in [-0.05, 0) is 38.7 Å². The Balaban J connectivity index is 1.70. The molecule has 3 rings (SSSR count). The Morgan fingerprint density at radius 1 is 1.13 bits per heavy atom. The van der Waals surface area contributed by atoms with Crippen LogP contribution < -0.4 is 4.74 Å². The van der Waals surface area contributed by atoms with Crippen LogP contribution >= 0.6 is 0 Å². The SMILES string of the molecule is CC1COc2ccccc2CN1C(=O)C1CCC(C(=O)O)CC1. The lowest BCUT2D eigenvalue weighted by Gasteiger charge is -2.33. The predicted octanol–water partition coefficient (Wildman–Crippen LogP) is 2.69. The fourth-order valence-corrected chi connectivity index (χ4v) is 3.53. The number of carbonyl (C=O) groups is 2. The van der Waals surface area contributed by atoms with Gasteiger partial charge < -0.3 is 14.7 Å². The third-order valence-electron chi connectivity index (χ3n) is 5.03. The Morgan fingerprint density at radius 2 is 1.78 bits per heavy atom. The van der Waals surface area contributed by atoms with E-state index in [2.05, 4.69) is 0 Å². The zero-order chi connectivity index (χ0) is 16.4. The fraction of sp³-hybridized carbons (Fsp3) is 0.556. The quantitative estimate of drug-likeness (QED) is 0.910. The molecule has 1 saturated carbocycles. The van der Waals surface area contributed by atoms with Crippen LogP contribution in [-0.4, -0.2) is 34.5 Å². The zero-order valence-corrected chi connectivity index (χ0v) is 13.4. The summed E-state index contributed by atoms with van der Waals surface area (Å²) in [5.41, 5.74) is 1.03. The topological polar surface area (TPSA) is 66.8 Å². The van der Waals surface area contributed by atoms with Gasteiger partial charge in [0.1, 0.15) is 12.4 Å². The Morgan fingerprint density at radius 3 is 2.48 bits per heavy atom. The standard InChI is InChI=1S/C18H23NO4/c1-12-11-23-16-5-3-2-4-15(16)10-19(12)17(20)13-6-8-14(9-7-13)18(21)22/h2-5,12-14H,6-11H2,1H3,(H,21,22). The number of aliphatic carboxylic acids is 1. The summed E-state index contributed by atoms with van der Waals surface area (Å²) >= 11 is 0. The number of ether oxygens (including phenoxy) is 1. The van der Waals surface area contributed by atoms with Crippen molar-refractivity contribution >= 4 is 11.9 Å². The molecule has 0 saturated heterocycles. The first-order valence-corrected chi connectivity index (χ1v) is 8.30. The van der Waals surface area contributed by atoms with Crippen LogP contribution in [0.3, 0.4) is 0 Å². The Hall–Kier alpha value is -2.04. The van der Waals surface area contributed by atoms with Gasteiger partial charge in [0.2, 0.25) is 5.91 Å². The molecule has 23 heavy (non-hydrogen) atoms. The number of benzene rings is 1. The van der Waals surface area contributed by atoms with E-state index in [0.717, 1.165) is 11.3 Å². The highest BCUT2D eigenvalue weighted by Gasteiger charge is 2.34. The molecule has 1 N–H and O–H groups in total. The van der Waals surface area contributed by atoms with Gasteiger partial charge in [-0.2, -0.15) is 0 Å². The van der Waals surface area contributed by atoms with Crippen molar-refractivity contribution in [2.24, 2.45) is 11.8 Å². The summed E-state index contributed by atoms with van der Waals surface area (Å²) in [6.07, 6.45) is 2.53. The first-order chi connectivity index (χ1) is 11.1. The molecular weight excluding hydrogens is 294 g/mol. The number of para-hydroxylation sites is 1. The summed E-state index contributed by atoms with van der Waals surface area (Å²) in [6.45, 7) is 3.06. The molecule has 0 spiro atoms. The molecule has 1 aliphatic carbocycles. The maximum Gasteiger partial charge on any atom is 0.306 e. The molecule has 1 aromatic rings. The summed E-state index contributed by atoms with van der Waals surface area (Å²) in [6, 6.07) is 7.85. The van der Waals surface area contributed by atoms with E-state index in [-0.39, 0.29) is 23.8 Å². The Bertz CT molecular complexity index is 592. The van der Waals surface area contributed by atoms with Crippen LogP contribution in [0.4, 0.5) is 0 Å². The van der Waals surface area contributed by atoms with Gasteiger partial charge in [-0.1, -0.05) is 18.2 Å². The van der Waals surface area contributed by atoms with Crippen LogP contribution in [0.5, 0.6) is 5.75 Å². The van der Waals surface area contributed by atoms with Crippen molar-refractivity contribution in [3.63, 3.8) is 0 Å². The molecule has 2 aliphatic rings. The van der Waals surface area contributed by atoms with E-state index < -0.39 is 5.97 Å². The predicted molar refractivity (Wildman–Crippen MR) is 85.0 cm³/mol. The summed E-state index contributed by atoms with van der Waals surface area (Å²) < 4.78 is 5.81. The zero-order valence-electron chi connectivity index (χ0n) is 13.4. The molecule has 1 unspecified atom stereocenters. The summed E-state index contributed by atoms with van der Waals surface area (Å²) in [7, 11) is 0. The highest BCUT2D eigenvalue weighted by Crippen LogP contribution is 2.32. The lowest BCUT2D eigenvalue weighted by Crippen LogP contribution is -2.44. The average Bonchev–Trinajstić information content (AvgIpc) is 2.74. The molecule has 0 aromatic heterocycles. The molecule has 0 bridgehead atoms. The van der Waals surface area contributed by atoms with Gasteiger partial charge in [0.05, 0.1) is 12.0 Å². The van der Waals surface area contributed by atoms with Crippen molar-refractivity contribution in [2.75, 3.05) is 6.61 Å². The normalized spacial score (nSPS) is 27.5. The third-order valence-corrected chi connectivity index (χ3v) is 5.03. The lowest BCUT2D eigenvalue weighted by molar-refractivity contribution is -0.146. The maximum absolute atomic E-state index is 12.9. The van der Waals surface area contributed by atoms with Crippen LogP contribution in [-0.2, 0) is 16.1 Å². The molecule has 1 amide bonds. The van der Waals surface area contributed by atoms with Crippen LogP contribution in [0.2, 0.25) is 0 Å². The van der Waals surface area contributed by atoms with E-state index in [0.29, 0.717) is 38.8 Å². The Kier molecular flexibility index (Phi) is 4.55. The maximum atomic E-state index is 12.9. The minimum Gasteiger partial charge on any atom is -0.491 e. The molecule has 0 radical (unpaired) electrons. The van der Waals surface area contributed by atoms with E-state index in [4.69, 9.17) is 9.84 Å². The van der Waals surface area contributed by atoms with Crippen molar-refractivity contribution in [3.05, 3.63) is 29.8 Å². The first kappa shape index (κ1) is 15.8. The minimum absolute atomic E-state index is 0.0205. The van der Waals surface area contributed by atoms with Gasteiger partial charge in [-0.3, -0.25) is 9.59 Å². The van der Waals surface area contributed by atoms with Crippen molar-refractivity contribution in [1.29, 1.82) is 0 Å². The molecule has 1 aromatic carbocycles.